The van der Waals surface area contributed by atoms with Crippen molar-refractivity contribution < 1.29 is 9.59 Å². The number of Topliss-reactive ketones (excluding diaryl/α,β-unsaturated/α-hetero) is 1. The van der Waals surface area contributed by atoms with Crippen molar-refractivity contribution in [3.8, 4) is 0 Å². The molecule has 0 fully saturated rings. The summed E-state index contributed by atoms with van der Waals surface area (Å²) in [5.41, 5.74) is 1.87. The van der Waals surface area contributed by atoms with Crippen molar-refractivity contribution in [1.29, 1.82) is 0 Å². The minimum Gasteiger partial charge on any atom is -0.325 e. The molecule has 118 valence electrons. The van der Waals surface area contributed by atoms with E-state index >= 15 is 0 Å². The number of anilines is 1. The summed E-state index contributed by atoms with van der Waals surface area (Å²) in [4.78, 5) is 25.7. The summed E-state index contributed by atoms with van der Waals surface area (Å²) in [5.74, 6) is -1.43. The summed E-state index contributed by atoms with van der Waals surface area (Å²) in [7, 11) is 0. The molecule has 24 heavy (non-hydrogen) atoms. The number of nitrogens with one attached hydrogen (secondary N) is 1. The zero-order valence-electron chi connectivity index (χ0n) is 13.1. The second-order valence-corrected chi connectivity index (χ2v) is 5.43. The molecular formula is C21H17NO2. The molecule has 0 spiro atoms. The molecule has 1 unspecified atom stereocenters. The van der Waals surface area contributed by atoms with E-state index in [0.717, 1.165) is 0 Å². The first kappa shape index (κ1) is 15.7. The molecule has 0 radical (unpaired) electrons. The van der Waals surface area contributed by atoms with E-state index in [4.69, 9.17) is 0 Å². The molecule has 3 aromatic carbocycles. The highest BCUT2D eigenvalue weighted by atomic mass is 16.2. The Morgan fingerprint density at radius 3 is 1.75 bits per heavy atom. The molecule has 0 heterocycles. The van der Waals surface area contributed by atoms with Crippen molar-refractivity contribution in [2.75, 3.05) is 5.32 Å². The summed E-state index contributed by atoms with van der Waals surface area (Å²) in [5, 5.41) is 2.83. The molecule has 0 aliphatic heterocycles. The highest BCUT2D eigenvalue weighted by Gasteiger charge is 2.29. The molecule has 0 aromatic heterocycles. The van der Waals surface area contributed by atoms with Crippen LogP contribution in [0.2, 0.25) is 0 Å². The molecule has 0 saturated carbocycles. The third kappa shape index (κ3) is 3.58. The monoisotopic (exact) mass is 315 g/mol. The van der Waals surface area contributed by atoms with Crippen molar-refractivity contribution in [3.63, 3.8) is 0 Å². The van der Waals surface area contributed by atoms with Gasteiger partial charge in [0.2, 0.25) is 5.91 Å². The van der Waals surface area contributed by atoms with Gasteiger partial charge in [-0.1, -0.05) is 78.9 Å². The molecule has 3 heteroatoms. The summed E-state index contributed by atoms with van der Waals surface area (Å²) in [6, 6.07) is 27.2. The van der Waals surface area contributed by atoms with Crippen molar-refractivity contribution >= 4 is 17.4 Å². The number of hydrogen-bond donors (Lipinski definition) is 1. The van der Waals surface area contributed by atoms with E-state index in [9.17, 15) is 9.59 Å². The quantitative estimate of drug-likeness (QED) is 0.564. The first-order valence-electron chi connectivity index (χ1n) is 7.76. The van der Waals surface area contributed by atoms with E-state index in [-0.39, 0.29) is 11.7 Å². The zero-order chi connectivity index (χ0) is 16.8. The Morgan fingerprint density at radius 2 is 1.17 bits per heavy atom. The number of carbonyl (C=O) groups is 2. The van der Waals surface area contributed by atoms with Crippen LogP contribution in [0.4, 0.5) is 5.69 Å². The van der Waals surface area contributed by atoms with E-state index in [2.05, 4.69) is 5.32 Å². The average Bonchev–Trinajstić information content (AvgIpc) is 2.64. The Hall–Kier alpha value is -3.20. The van der Waals surface area contributed by atoms with Crippen LogP contribution >= 0.6 is 0 Å². The van der Waals surface area contributed by atoms with E-state index in [1.165, 1.54) is 0 Å². The minimum atomic E-state index is -0.881. The van der Waals surface area contributed by atoms with Gasteiger partial charge in [-0.05, 0) is 17.7 Å². The highest BCUT2D eigenvalue weighted by molar-refractivity contribution is 6.17. The molecule has 1 amide bonds. The lowest BCUT2D eigenvalue weighted by atomic mass is 9.90. The Bertz CT molecular complexity index is 814. The van der Waals surface area contributed by atoms with Crippen LogP contribution < -0.4 is 5.32 Å². The molecule has 0 saturated heterocycles. The van der Waals surface area contributed by atoms with Crippen LogP contribution in [0, 0.1) is 0 Å². The number of benzene rings is 3. The van der Waals surface area contributed by atoms with Gasteiger partial charge in [0.15, 0.2) is 5.78 Å². The number of ketones is 1. The van der Waals surface area contributed by atoms with Crippen LogP contribution in [0.3, 0.4) is 0 Å². The number of amides is 1. The Kier molecular flexibility index (Phi) is 4.82. The van der Waals surface area contributed by atoms with Gasteiger partial charge in [-0.2, -0.15) is 0 Å². The predicted octanol–water partition coefficient (Wildman–Crippen LogP) is 4.29. The zero-order valence-corrected chi connectivity index (χ0v) is 13.1. The molecular weight excluding hydrogens is 298 g/mol. The molecule has 3 aromatic rings. The fourth-order valence-electron chi connectivity index (χ4n) is 2.57. The van der Waals surface area contributed by atoms with Gasteiger partial charge < -0.3 is 5.32 Å². The summed E-state index contributed by atoms with van der Waals surface area (Å²) >= 11 is 0. The Labute approximate surface area is 141 Å². The van der Waals surface area contributed by atoms with E-state index in [1.54, 1.807) is 48.5 Å². The molecule has 0 aliphatic rings. The van der Waals surface area contributed by atoms with Crippen LogP contribution in [0.5, 0.6) is 0 Å². The number of hydrogen-bond acceptors (Lipinski definition) is 2. The van der Waals surface area contributed by atoms with Crippen molar-refractivity contribution in [1.82, 2.24) is 0 Å². The predicted molar refractivity (Wildman–Crippen MR) is 95.0 cm³/mol. The third-order valence-electron chi connectivity index (χ3n) is 3.76. The molecule has 0 aliphatic carbocycles. The second-order valence-electron chi connectivity index (χ2n) is 5.43. The van der Waals surface area contributed by atoms with Gasteiger partial charge in [0.05, 0.1) is 0 Å². The van der Waals surface area contributed by atoms with Crippen LogP contribution in [-0.2, 0) is 4.79 Å². The van der Waals surface area contributed by atoms with E-state index in [0.29, 0.717) is 16.8 Å². The number of para-hydroxylation sites is 1. The average molecular weight is 315 g/mol. The van der Waals surface area contributed by atoms with E-state index in [1.807, 2.05) is 42.5 Å². The normalized spacial score (nSPS) is 11.5. The Balaban J connectivity index is 1.93. The maximum absolute atomic E-state index is 12.9. The fraction of sp³-hybridized carbons (Fsp3) is 0.0476. The standard InChI is InChI=1S/C21H17NO2/c23-20(17-12-6-2-7-13-17)19(16-10-4-1-5-11-16)21(24)22-18-14-8-3-9-15-18/h1-15,19H,(H,22,24). The molecule has 3 nitrogen and oxygen atoms in total. The largest absolute Gasteiger partial charge is 0.325 e. The number of carbonyl (C=O) groups excluding carboxylic acids is 2. The lowest BCUT2D eigenvalue weighted by Crippen LogP contribution is -2.28. The minimum absolute atomic E-state index is 0.213. The SMILES string of the molecule is O=C(Nc1ccccc1)C(C(=O)c1ccccc1)c1ccccc1. The lowest BCUT2D eigenvalue weighted by Gasteiger charge is -2.16. The van der Waals surface area contributed by atoms with Crippen molar-refractivity contribution in [2.45, 2.75) is 5.92 Å². The third-order valence-corrected chi connectivity index (χ3v) is 3.76. The Morgan fingerprint density at radius 1 is 0.667 bits per heavy atom. The van der Waals surface area contributed by atoms with Gasteiger partial charge in [0.1, 0.15) is 5.92 Å². The summed E-state index contributed by atoms with van der Waals surface area (Å²) in [6.45, 7) is 0. The smallest absolute Gasteiger partial charge is 0.239 e. The summed E-state index contributed by atoms with van der Waals surface area (Å²) in [6.07, 6.45) is 0. The van der Waals surface area contributed by atoms with Gasteiger partial charge in [-0.15, -0.1) is 0 Å². The van der Waals surface area contributed by atoms with Crippen LogP contribution in [0.1, 0.15) is 21.8 Å². The molecule has 1 atom stereocenters. The van der Waals surface area contributed by atoms with Crippen molar-refractivity contribution in [2.24, 2.45) is 0 Å². The first-order chi connectivity index (χ1) is 11.8. The van der Waals surface area contributed by atoms with Gasteiger partial charge >= 0.3 is 0 Å². The maximum atomic E-state index is 12.9. The molecule has 0 bridgehead atoms. The molecule has 1 N–H and O–H groups in total. The first-order valence-corrected chi connectivity index (χ1v) is 7.76. The van der Waals surface area contributed by atoms with Gasteiger partial charge in [0.25, 0.3) is 0 Å². The van der Waals surface area contributed by atoms with Gasteiger partial charge in [0, 0.05) is 11.3 Å². The lowest BCUT2D eigenvalue weighted by molar-refractivity contribution is -0.116. The topological polar surface area (TPSA) is 46.2 Å². The second kappa shape index (κ2) is 7.38. The van der Waals surface area contributed by atoms with Crippen LogP contribution in [0.15, 0.2) is 91.0 Å². The number of rotatable bonds is 5. The van der Waals surface area contributed by atoms with Crippen LogP contribution in [0.25, 0.3) is 0 Å². The van der Waals surface area contributed by atoms with E-state index < -0.39 is 5.92 Å². The maximum Gasteiger partial charge on any atom is 0.239 e. The fourth-order valence-corrected chi connectivity index (χ4v) is 2.57. The van der Waals surface area contributed by atoms with Gasteiger partial charge in [-0.25, -0.2) is 0 Å². The van der Waals surface area contributed by atoms with Crippen molar-refractivity contribution in [3.05, 3.63) is 102 Å². The van der Waals surface area contributed by atoms with Gasteiger partial charge in [-0.3, -0.25) is 9.59 Å². The van der Waals surface area contributed by atoms with Crippen LogP contribution in [-0.4, -0.2) is 11.7 Å². The summed E-state index contributed by atoms with van der Waals surface area (Å²) < 4.78 is 0. The highest BCUT2D eigenvalue weighted by Crippen LogP contribution is 2.23. The molecule has 3 rings (SSSR count).